The first-order valence-corrected chi connectivity index (χ1v) is 11.7. The minimum Gasteiger partial charge on any atom is -0.270 e. The fourth-order valence-electron chi connectivity index (χ4n) is 2.87. The number of para-hydroxylation sites is 1. The Hall–Kier alpha value is -2.23. The van der Waals surface area contributed by atoms with Crippen LogP contribution in [0.4, 0.5) is 0 Å². The highest BCUT2D eigenvalue weighted by Gasteiger charge is 2.19. The van der Waals surface area contributed by atoms with Gasteiger partial charge in [-0.3, -0.25) is 9.55 Å². The summed E-state index contributed by atoms with van der Waals surface area (Å²) in [7, 11) is -3.46. The van der Waals surface area contributed by atoms with Crippen molar-refractivity contribution in [3.8, 4) is 17.1 Å². The van der Waals surface area contributed by atoms with E-state index in [-0.39, 0.29) is 5.75 Å². The molecule has 0 atom stereocenters. The number of rotatable bonds is 8. The van der Waals surface area contributed by atoms with Crippen LogP contribution in [0, 0.1) is 0 Å². The van der Waals surface area contributed by atoms with E-state index in [1.54, 1.807) is 12.4 Å². The Bertz CT molecular complexity index is 1030. The number of primary sulfonamides is 1. The maximum atomic E-state index is 11.2. The van der Waals surface area contributed by atoms with Gasteiger partial charge in [0.15, 0.2) is 11.0 Å². The van der Waals surface area contributed by atoms with Gasteiger partial charge in [0.1, 0.15) is 0 Å². The number of benzene rings is 1. The monoisotopic (exact) mass is 417 g/mol. The molecular weight excluding hydrogens is 394 g/mol. The summed E-state index contributed by atoms with van der Waals surface area (Å²) in [6.45, 7) is 4.29. The summed E-state index contributed by atoms with van der Waals surface area (Å²) in [5.74, 6) is 1.55. The molecule has 0 aliphatic carbocycles. The lowest BCUT2D eigenvalue weighted by Gasteiger charge is -2.16. The molecule has 0 bridgehead atoms. The summed E-state index contributed by atoms with van der Waals surface area (Å²) in [4.78, 5) is 4.20. The lowest BCUT2D eigenvalue weighted by atomic mass is 10.0. The van der Waals surface area contributed by atoms with Crippen molar-refractivity contribution in [3.05, 3.63) is 54.4 Å². The molecular formula is C19H23N5O2S2. The van der Waals surface area contributed by atoms with E-state index in [9.17, 15) is 8.42 Å². The molecule has 0 saturated carbocycles. The molecule has 0 radical (unpaired) electrons. The SMILES string of the molecule is CC(C)c1ccccc1-n1c(SCCCS(N)(=O)=O)nnc1-c1cccnc1. The van der Waals surface area contributed by atoms with Gasteiger partial charge in [0.2, 0.25) is 10.0 Å². The van der Waals surface area contributed by atoms with Crippen molar-refractivity contribution in [2.45, 2.75) is 31.3 Å². The third kappa shape index (κ3) is 4.98. The molecule has 0 amide bonds. The van der Waals surface area contributed by atoms with Gasteiger partial charge >= 0.3 is 0 Å². The largest absolute Gasteiger partial charge is 0.270 e. The smallest absolute Gasteiger partial charge is 0.209 e. The third-order valence-corrected chi connectivity index (χ3v) is 6.03. The minimum absolute atomic E-state index is 0.0494. The maximum absolute atomic E-state index is 11.2. The van der Waals surface area contributed by atoms with E-state index in [0.717, 1.165) is 11.3 Å². The van der Waals surface area contributed by atoms with Crippen LogP contribution in [0.3, 0.4) is 0 Å². The second kappa shape index (κ2) is 8.85. The molecule has 7 nitrogen and oxygen atoms in total. The lowest BCUT2D eigenvalue weighted by Crippen LogP contribution is -2.16. The zero-order chi connectivity index (χ0) is 20.1. The quantitative estimate of drug-likeness (QED) is 0.446. The van der Waals surface area contributed by atoms with E-state index in [4.69, 9.17) is 5.14 Å². The number of pyridine rings is 1. The second-order valence-electron chi connectivity index (χ2n) is 6.67. The number of thioether (sulfide) groups is 1. The number of nitrogens with two attached hydrogens (primary N) is 1. The average molecular weight is 418 g/mol. The second-order valence-corrected chi connectivity index (χ2v) is 9.46. The van der Waals surface area contributed by atoms with Crippen molar-refractivity contribution in [2.24, 2.45) is 5.14 Å². The van der Waals surface area contributed by atoms with E-state index in [1.165, 1.54) is 17.3 Å². The molecule has 0 aliphatic heterocycles. The molecule has 2 heterocycles. The molecule has 148 valence electrons. The van der Waals surface area contributed by atoms with Gasteiger partial charge in [0, 0.05) is 23.7 Å². The third-order valence-electron chi connectivity index (χ3n) is 4.16. The topological polar surface area (TPSA) is 104 Å². The van der Waals surface area contributed by atoms with Gasteiger partial charge in [-0.05, 0) is 36.1 Å². The van der Waals surface area contributed by atoms with Crippen molar-refractivity contribution in [1.82, 2.24) is 19.7 Å². The van der Waals surface area contributed by atoms with Gasteiger partial charge in [-0.2, -0.15) is 0 Å². The van der Waals surface area contributed by atoms with Crippen LogP contribution in [0.1, 0.15) is 31.7 Å². The van der Waals surface area contributed by atoms with Crippen LogP contribution in [-0.4, -0.2) is 39.7 Å². The van der Waals surface area contributed by atoms with E-state index >= 15 is 0 Å². The zero-order valence-corrected chi connectivity index (χ0v) is 17.4. The van der Waals surface area contributed by atoms with E-state index in [0.29, 0.717) is 29.1 Å². The van der Waals surface area contributed by atoms with Gasteiger partial charge < -0.3 is 0 Å². The van der Waals surface area contributed by atoms with Crippen molar-refractivity contribution in [1.29, 1.82) is 0 Å². The number of nitrogens with zero attached hydrogens (tertiary/aromatic N) is 4. The Balaban J connectivity index is 2.01. The van der Waals surface area contributed by atoms with E-state index < -0.39 is 10.0 Å². The molecule has 3 aromatic rings. The van der Waals surface area contributed by atoms with Crippen LogP contribution in [-0.2, 0) is 10.0 Å². The molecule has 2 aromatic heterocycles. The number of sulfonamides is 1. The number of aromatic nitrogens is 4. The van der Waals surface area contributed by atoms with Gasteiger partial charge in [0.05, 0.1) is 11.4 Å². The normalized spacial score (nSPS) is 11.9. The standard InChI is InChI=1S/C19H23N5O2S2/c1-14(2)16-8-3-4-9-17(16)24-18(15-7-5-10-21-13-15)22-23-19(24)27-11-6-12-28(20,25)26/h3-5,7-10,13-14H,6,11-12H2,1-2H3,(H2,20,25,26). The molecule has 0 saturated heterocycles. The fraction of sp³-hybridized carbons (Fsp3) is 0.316. The maximum Gasteiger partial charge on any atom is 0.209 e. The molecule has 28 heavy (non-hydrogen) atoms. The lowest BCUT2D eigenvalue weighted by molar-refractivity contribution is 0.596. The molecule has 1 aromatic carbocycles. The summed E-state index contributed by atoms with van der Waals surface area (Å²) < 4.78 is 24.4. The minimum atomic E-state index is -3.46. The van der Waals surface area contributed by atoms with E-state index in [1.807, 2.05) is 34.9 Å². The first kappa shape index (κ1) is 20.5. The summed E-state index contributed by atoms with van der Waals surface area (Å²) in [6.07, 6.45) is 3.92. The Kier molecular flexibility index (Phi) is 6.48. The van der Waals surface area contributed by atoms with Crippen molar-refractivity contribution < 1.29 is 8.42 Å². The Morgan fingerprint density at radius 1 is 1.14 bits per heavy atom. The molecule has 9 heteroatoms. The van der Waals surface area contributed by atoms with Crippen molar-refractivity contribution >= 4 is 21.8 Å². The van der Waals surface area contributed by atoms with Crippen molar-refractivity contribution in [2.75, 3.05) is 11.5 Å². The Morgan fingerprint density at radius 2 is 1.93 bits per heavy atom. The van der Waals surface area contributed by atoms with Gasteiger partial charge in [-0.15, -0.1) is 10.2 Å². The Labute approximate surface area is 169 Å². The zero-order valence-electron chi connectivity index (χ0n) is 15.8. The predicted molar refractivity (Wildman–Crippen MR) is 112 cm³/mol. The van der Waals surface area contributed by atoms with Gasteiger partial charge in [-0.1, -0.05) is 43.8 Å². The molecule has 0 unspecified atom stereocenters. The highest BCUT2D eigenvalue weighted by molar-refractivity contribution is 7.99. The van der Waals surface area contributed by atoms with Crippen LogP contribution in [0.25, 0.3) is 17.1 Å². The average Bonchev–Trinajstić information content (AvgIpc) is 3.09. The van der Waals surface area contributed by atoms with Crippen LogP contribution in [0.2, 0.25) is 0 Å². The first-order valence-electron chi connectivity index (χ1n) is 8.95. The van der Waals surface area contributed by atoms with Crippen molar-refractivity contribution in [3.63, 3.8) is 0 Å². The van der Waals surface area contributed by atoms with Gasteiger partial charge in [0.25, 0.3) is 0 Å². The van der Waals surface area contributed by atoms with Crippen LogP contribution in [0.5, 0.6) is 0 Å². The molecule has 3 rings (SSSR count). The van der Waals surface area contributed by atoms with Gasteiger partial charge in [-0.25, -0.2) is 13.6 Å². The summed E-state index contributed by atoms with van der Waals surface area (Å²) in [5.41, 5.74) is 3.05. The molecule has 0 spiro atoms. The summed E-state index contributed by atoms with van der Waals surface area (Å²) in [6, 6.07) is 12.0. The van der Waals surface area contributed by atoms with E-state index in [2.05, 4.69) is 35.1 Å². The first-order chi connectivity index (χ1) is 13.4. The highest BCUT2D eigenvalue weighted by atomic mass is 32.2. The Morgan fingerprint density at radius 3 is 2.61 bits per heavy atom. The summed E-state index contributed by atoms with van der Waals surface area (Å²) in [5, 5.41) is 14.6. The summed E-state index contributed by atoms with van der Waals surface area (Å²) >= 11 is 1.47. The molecule has 0 fully saturated rings. The molecule has 0 aliphatic rings. The predicted octanol–water partition coefficient (Wildman–Crippen LogP) is 3.22. The number of hydrogen-bond acceptors (Lipinski definition) is 6. The van der Waals surface area contributed by atoms with Crippen LogP contribution >= 0.6 is 11.8 Å². The fourth-order valence-corrected chi connectivity index (χ4v) is 4.48. The molecule has 2 N–H and O–H groups in total. The van der Waals surface area contributed by atoms with Crippen LogP contribution in [0.15, 0.2) is 53.9 Å². The van der Waals surface area contributed by atoms with Crippen LogP contribution < -0.4 is 5.14 Å². The number of hydrogen-bond donors (Lipinski definition) is 1. The highest BCUT2D eigenvalue weighted by Crippen LogP contribution is 2.32.